The van der Waals surface area contributed by atoms with Crippen LogP contribution in [0.25, 0.3) is 10.9 Å². The minimum Gasteiger partial charge on any atom is -0.396 e. The number of fused-ring (bicyclic) bond motifs is 1. The highest BCUT2D eigenvalue weighted by Crippen LogP contribution is 2.19. The Kier molecular flexibility index (Phi) is 4.65. The Morgan fingerprint density at radius 2 is 2.14 bits per heavy atom. The molecule has 0 aliphatic rings. The fraction of sp³-hybridized carbons (Fsp3) is 0.438. The number of hydrogen-bond acceptors (Lipinski definition) is 3. The number of amides is 1. The Morgan fingerprint density at radius 1 is 1.43 bits per heavy atom. The van der Waals surface area contributed by atoms with E-state index in [1.807, 2.05) is 44.3 Å². The lowest BCUT2D eigenvalue weighted by atomic mass is 9.99. The minimum absolute atomic E-state index is 0.0327. The van der Waals surface area contributed by atoms with E-state index in [4.69, 9.17) is 10.8 Å². The van der Waals surface area contributed by atoms with Crippen LogP contribution in [0.1, 0.15) is 25.8 Å². The van der Waals surface area contributed by atoms with Gasteiger partial charge in [0.1, 0.15) is 0 Å². The van der Waals surface area contributed by atoms with E-state index in [2.05, 4.69) is 10.3 Å². The van der Waals surface area contributed by atoms with Crippen LogP contribution in [0, 0.1) is 0 Å². The number of aliphatic hydroxyl groups is 1. The predicted molar refractivity (Wildman–Crippen MR) is 83.9 cm³/mol. The van der Waals surface area contributed by atoms with Gasteiger partial charge in [-0.05, 0) is 38.3 Å². The molecule has 114 valence electrons. The van der Waals surface area contributed by atoms with Gasteiger partial charge in [0, 0.05) is 29.2 Å². The number of hydrogen-bond donors (Lipinski definition) is 4. The van der Waals surface area contributed by atoms with Crippen molar-refractivity contribution in [2.45, 2.75) is 38.3 Å². The number of H-pyrrole nitrogens is 1. The summed E-state index contributed by atoms with van der Waals surface area (Å²) in [5, 5.41) is 13.0. The van der Waals surface area contributed by atoms with Crippen molar-refractivity contribution in [2.75, 3.05) is 6.61 Å². The van der Waals surface area contributed by atoms with Gasteiger partial charge in [-0.3, -0.25) is 4.79 Å². The molecule has 2 rings (SSSR count). The summed E-state index contributed by atoms with van der Waals surface area (Å²) >= 11 is 0. The fourth-order valence-corrected chi connectivity index (χ4v) is 2.40. The van der Waals surface area contributed by atoms with E-state index in [1.54, 1.807) is 0 Å². The number of aliphatic hydroxyl groups excluding tert-OH is 1. The predicted octanol–water partition coefficient (Wildman–Crippen LogP) is 1.31. The molecule has 0 saturated carbocycles. The molecule has 0 fully saturated rings. The lowest BCUT2D eigenvalue weighted by molar-refractivity contribution is -0.124. The third-order valence-electron chi connectivity index (χ3n) is 3.65. The standard InChI is InChI=1S/C16H23N3O2/c1-16(2,7-8-20)19-15(21)13(17)9-11-10-18-14-6-4-3-5-12(11)14/h3-6,10,13,18,20H,7-9,17H2,1-2H3,(H,19,21). The van der Waals surface area contributed by atoms with E-state index in [9.17, 15) is 4.79 Å². The molecule has 5 N–H and O–H groups in total. The van der Waals surface area contributed by atoms with Crippen molar-refractivity contribution in [3.05, 3.63) is 36.0 Å². The molecule has 1 unspecified atom stereocenters. The van der Waals surface area contributed by atoms with Gasteiger partial charge < -0.3 is 21.1 Å². The van der Waals surface area contributed by atoms with Crippen LogP contribution in [0.2, 0.25) is 0 Å². The van der Waals surface area contributed by atoms with E-state index in [0.29, 0.717) is 12.8 Å². The second kappa shape index (κ2) is 6.28. The largest absolute Gasteiger partial charge is 0.396 e. The summed E-state index contributed by atoms with van der Waals surface area (Å²) in [7, 11) is 0. The van der Waals surface area contributed by atoms with Gasteiger partial charge >= 0.3 is 0 Å². The number of aromatic nitrogens is 1. The van der Waals surface area contributed by atoms with Gasteiger partial charge in [0.2, 0.25) is 5.91 Å². The summed E-state index contributed by atoms with van der Waals surface area (Å²) in [6.07, 6.45) is 2.88. The molecular weight excluding hydrogens is 266 g/mol. The monoisotopic (exact) mass is 289 g/mol. The molecule has 0 radical (unpaired) electrons. The summed E-state index contributed by atoms with van der Waals surface area (Å²) in [5.74, 6) is -0.196. The van der Waals surface area contributed by atoms with Gasteiger partial charge in [-0.2, -0.15) is 0 Å². The number of nitrogens with one attached hydrogen (secondary N) is 2. The third kappa shape index (κ3) is 3.83. The summed E-state index contributed by atoms with van der Waals surface area (Å²) in [6.45, 7) is 3.78. The average Bonchev–Trinajstić information content (AvgIpc) is 2.81. The quantitative estimate of drug-likeness (QED) is 0.646. The zero-order chi connectivity index (χ0) is 15.5. The highest BCUT2D eigenvalue weighted by Gasteiger charge is 2.24. The molecule has 1 aromatic carbocycles. The number of carbonyl (C=O) groups is 1. The van der Waals surface area contributed by atoms with Crippen molar-refractivity contribution in [1.82, 2.24) is 10.3 Å². The first-order valence-corrected chi connectivity index (χ1v) is 7.16. The van der Waals surface area contributed by atoms with Crippen molar-refractivity contribution in [3.63, 3.8) is 0 Å². The van der Waals surface area contributed by atoms with Crippen LogP contribution in [0.4, 0.5) is 0 Å². The Hall–Kier alpha value is -1.85. The number of para-hydroxylation sites is 1. The van der Waals surface area contributed by atoms with E-state index < -0.39 is 11.6 Å². The lowest BCUT2D eigenvalue weighted by Crippen LogP contribution is -2.51. The Labute approximate surface area is 124 Å². The molecule has 1 aromatic heterocycles. The van der Waals surface area contributed by atoms with E-state index in [-0.39, 0.29) is 12.5 Å². The zero-order valence-electron chi connectivity index (χ0n) is 12.5. The molecule has 0 aliphatic carbocycles. The zero-order valence-corrected chi connectivity index (χ0v) is 12.5. The molecule has 0 aliphatic heterocycles. The first-order chi connectivity index (χ1) is 9.93. The van der Waals surface area contributed by atoms with Crippen LogP contribution in [0.15, 0.2) is 30.5 Å². The molecule has 0 saturated heterocycles. The van der Waals surface area contributed by atoms with Crippen LogP contribution in [-0.4, -0.2) is 34.2 Å². The SMILES string of the molecule is CC(C)(CCO)NC(=O)C(N)Cc1c[nH]c2ccccc12. The number of rotatable bonds is 6. The molecule has 5 nitrogen and oxygen atoms in total. The van der Waals surface area contributed by atoms with Gasteiger partial charge in [0.05, 0.1) is 6.04 Å². The molecule has 1 amide bonds. The van der Waals surface area contributed by atoms with Crippen LogP contribution in [0.5, 0.6) is 0 Å². The smallest absolute Gasteiger partial charge is 0.237 e. The van der Waals surface area contributed by atoms with Crippen molar-refractivity contribution in [3.8, 4) is 0 Å². The average molecular weight is 289 g/mol. The molecular formula is C16H23N3O2. The van der Waals surface area contributed by atoms with E-state index >= 15 is 0 Å². The normalized spacial score (nSPS) is 13.3. The Bertz CT molecular complexity index is 619. The number of benzene rings is 1. The second-order valence-corrected chi connectivity index (χ2v) is 6.02. The molecule has 21 heavy (non-hydrogen) atoms. The number of nitrogens with two attached hydrogens (primary N) is 1. The minimum atomic E-state index is -0.609. The first-order valence-electron chi connectivity index (χ1n) is 7.16. The number of carbonyl (C=O) groups excluding carboxylic acids is 1. The third-order valence-corrected chi connectivity index (χ3v) is 3.65. The van der Waals surface area contributed by atoms with Gasteiger partial charge in [0.25, 0.3) is 0 Å². The highest BCUT2D eigenvalue weighted by molar-refractivity contribution is 5.86. The maximum absolute atomic E-state index is 12.2. The molecule has 2 aromatic rings. The molecule has 1 heterocycles. The van der Waals surface area contributed by atoms with Crippen LogP contribution >= 0.6 is 0 Å². The molecule has 5 heteroatoms. The maximum Gasteiger partial charge on any atom is 0.237 e. The Balaban J connectivity index is 2.04. The van der Waals surface area contributed by atoms with Gasteiger partial charge in [-0.25, -0.2) is 0 Å². The summed E-state index contributed by atoms with van der Waals surface area (Å²) in [4.78, 5) is 15.3. The first kappa shape index (κ1) is 15.5. The van der Waals surface area contributed by atoms with Crippen LogP contribution < -0.4 is 11.1 Å². The van der Waals surface area contributed by atoms with Crippen LogP contribution in [-0.2, 0) is 11.2 Å². The van der Waals surface area contributed by atoms with E-state index in [1.165, 1.54) is 0 Å². The molecule has 1 atom stereocenters. The van der Waals surface area contributed by atoms with Gasteiger partial charge in [-0.15, -0.1) is 0 Å². The topological polar surface area (TPSA) is 91.1 Å². The second-order valence-electron chi connectivity index (χ2n) is 6.02. The number of aromatic amines is 1. The van der Waals surface area contributed by atoms with Crippen LogP contribution in [0.3, 0.4) is 0 Å². The molecule has 0 bridgehead atoms. The van der Waals surface area contributed by atoms with Gasteiger partial charge in [-0.1, -0.05) is 18.2 Å². The van der Waals surface area contributed by atoms with Crippen molar-refractivity contribution < 1.29 is 9.90 Å². The lowest BCUT2D eigenvalue weighted by Gasteiger charge is -2.27. The summed E-state index contributed by atoms with van der Waals surface area (Å²) in [6, 6.07) is 7.33. The Morgan fingerprint density at radius 3 is 2.86 bits per heavy atom. The fourth-order valence-electron chi connectivity index (χ4n) is 2.40. The van der Waals surface area contributed by atoms with Crippen molar-refractivity contribution in [2.24, 2.45) is 5.73 Å². The van der Waals surface area contributed by atoms with Crippen molar-refractivity contribution in [1.29, 1.82) is 0 Å². The van der Waals surface area contributed by atoms with Crippen molar-refractivity contribution >= 4 is 16.8 Å². The highest BCUT2D eigenvalue weighted by atomic mass is 16.3. The van der Waals surface area contributed by atoms with Gasteiger partial charge in [0.15, 0.2) is 0 Å². The summed E-state index contributed by atoms with van der Waals surface area (Å²) in [5.41, 5.74) is 7.64. The summed E-state index contributed by atoms with van der Waals surface area (Å²) < 4.78 is 0. The maximum atomic E-state index is 12.2. The van der Waals surface area contributed by atoms with E-state index in [0.717, 1.165) is 16.5 Å². The molecule has 0 spiro atoms.